The normalized spacial score (nSPS) is 11.9. The maximum absolute atomic E-state index is 5.51. The van der Waals surface area contributed by atoms with E-state index in [2.05, 4.69) is 61.0 Å². The van der Waals surface area contributed by atoms with E-state index in [-0.39, 0.29) is 0 Å². The standard InChI is InChI=1S/C12H11O.3C4H9.Sn/c1-11(10-13-2)8-9-12-6-4-3-5-7-12;3*1-3-4-2;/h1,3-7H,10H2,2H3;3*1,3-4H2,2H3;. The van der Waals surface area contributed by atoms with Gasteiger partial charge in [0, 0.05) is 0 Å². The van der Waals surface area contributed by atoms with Gasteiger partial charge in [-0.05, 0) is 0 Å². The summed E-state index contributed by atoms with van der Waals surface area (Å²) in [6.45, 7) is 7.63. The van der Waals surface area contributed by atoms with Crippen LogP contribution in [0.25, 0.3) is 0 Å². The SMILES string of the molecule is CCC[CH2][Sn](/[CH]=C(\C#Cc1ccccc1)COC)([CH2]CCC)[CH2]CCC. The molecule has 1 nitrogen and oxygen atoms in total. The molecule has 0 N–H and O–H groups in total. The topological polar surface area (TPSA) is 9.23 Å². The minimum absolute atomic E-state index is 0.656. The monoisotopic (exact) mass is 462 g/mol. The summed E-state index contributed by atoms with van der Waals surface area (Å²) in [4.78, 5) is 0. The van der Waals surface area contributed by atoms with E-state index in [1.54, 1.807) is 7.11 Å². The molecule has 0 aliphatic rings. The molecule has 0 bridgehead atoms. The third-order valence-corrected chi connectivity index (χ3v) is 19.3. The average molecular weight is 461 g/mol. The Kier molecular flexibility index (Phi) is 12.9. The summed E-state index contributed by atoms with van der Waals surface area (Å²) in [5, 5.41) is 0. The van der Waals surface area contributed by atoms with E-state index in [0.29, 0.717) is 6.61 Å². The van der Waals surface area contributed by atoms with Crippen LogP contribution in [0.1, 0.15) is 64.9 Å². The van der Waals surface area contributed by atoms with E-state index in [1.165, 1.54) is 57.4 Å². The third kappa shape index (κ3) is 9.28. The van der Waals surface area contributed by atoms with Crippen LogP contribution in [-0.4, -0.2) is 32.1 Å². The summed E-state index contributed by atoms with van der Waals surface area (Å²) >= 11 is -2.32. The zero-order valence-corrected chi connectivity index (χ0v) is 20.3. The molecule has 2 heteroatoms. The second-order valence-corrected chi connectivity index (χ2v) is 20.3. The molecule has 1 rings (SSSR count). The van der Waals surface area contributed by atoms with Crippen LogP contribution in [0.5, 0.6) is 0 Å². The molecule has 144 valence electrons. The van der Waals surface area contributed by atoms with Crippen molar-refractivity contribution in [2.45, 2.75) is 72.6 Å². The van der Waals surface area contributed by atoms with Crippen molar-refractivity contribution in [2.75, 3.05) is 13.7 Å². The fourth-order valence-electron chi connectivity index (χ4n) is 3.49. The van der Waals surface area contributed by atoms with Crippen molar-refractivity contribution >= 4 is 18.4 Å². The molecule has 1 aromatic rings. The quantitative estimate of drug-likeness (QED) is 0.241. The Morgan fingerprint density at radius 3 is 1.92 bits per heavy atom. The zero-order chi connectivity index (χ0) is 19.1. The number of hydrogen-bond acceptors (Lipinski definition) is 1. The van der Waals surface area contributed by atoms with Gasteiger partial charge in [0.15, 0.2) is 0 Å². The molecule has 26 heavy (non-hydrogen) atoms. The summed E-state index contributed by atoms with van der Waals surface area (Å²) < 4.78 is 12.6. The average Bonchev–Trinajstić information content (AvgIpc) is 2.68. The van der Waals surface area contributed by atoms with Gasteiger partial charge in [-0.3, -0.25) is 0 Å². The Labute approximate surface area is 166 Å². The molecule has 0 aliphatic heterocycles. The first-order valence-electron chi connectivity index (χ1n) is 10.5. The molecule has 0 atom stereocenters. The maximum atomic E-state index is 5.51. The first-order chi connectivity index (χ1) is 12.7. The predicted octanol–water partition coefficient (Wildman–Crippen LogP) is 7.00. The molecule has 0 spiro atoms. The van der Waals surface area contributed by atoms with Crippen molar-refractivity contribution in [3.63, 3.8) is 0 Å². The molecule has 0 radical (unpaired) electrons. The van der Waals surface area contributed by atoms with E-state index in [9.17, 15) is 0 Å². The molecule has 0 aliphatic carbocycles. The summed E-state index contributed by atoms with van der Waals surface area (Å²) in [7, 11) is 1.79. The first-order valence-corrected chi connectivity index (χ1v) is 18.2. The summed E-state index contributed by atoms with van der Waals surface area (Å²) in [6.07, 6.45) is 8.06. The van der Waals surface area contributed by atoms with Crippen LogP contribution >= 0.6 is 0 Å². The Balaban J connectivity index is 3.15. The summed E-state index contributed by atoms with van der Waals surface area (Å²) in [5.74, 6) is 6.82. The molecule has 0 heterocycles. The number of unbranched alkanes of at least 4 members (excludes halogenated alkanes) is 3. The summed E-state index contributed by atoms with van der Waals surface area (Å²) in [6, 6.07) is 10.3. The van der Waals surface area contributed by atoms with E-state index in [4.69, 9.17) is 4.74 Å². The number of ether oxygens (including phenoxy) is 1. The van der Waals surface area contributed by atoms with E-state index in [0.717, 1.165) is 5.56 Å². The second-order valence-electron chi connectivity index (χ2n) is 7.39. The molecular weight excluding hydrogens is 423 g/mol. The first kappa shape index (κ1) is 23.3. The van der Waals surface area contributed by atoms with E-state index in [1.807, 2.05) is 6.07 Å². The van der Waals surface area contributed by atoms with E-state index < -0.39 is 18.4 Å². The molecule has 0 amide bonds. The molecule has 0 unspecified atom stereocenters. The molecular formula is C24H38OSn. The van der Waals surface area contributed by atoms with Crippen molar-refractivity contribution in [1.82, 2.24) is 0 Å². The molecule has 0 aromatic heterocycles. The minimum atomic E-state index is -2.32. The Morgan fingerprint density at radius 2 is 1.46 bits per heavy atom. The van der Waals surface area contributed by atoms with Gasteiger partial charge in [0.2, 0.25) is 0 Å². The Hall–Kier alpha value is -0.721. The van der Waals surface area contributed by atoms with Crippen LogP contribution in [0.3, 0.4) is 0 Å². The molecule has 0 fully saturated rings. The molecule has 0 saturated heterocycles. The number of benzene rings is 1. The van der Waals surface area contributed by atoms with Gasteiger partial charge in [-0.15, -0.1) is 0 Å². The van der Waals surface area contributed by atoms with Gasteiger partial charge in [-0.25, -0.2) is 0 Å². The predicted molar refractivity (Wildman–Crippen MR) is 118 cm³/mol. The van der Waals surface area contributed by atoms with Gasteiger partial charge in [-0.2, -0.15) is 0 Å². The number of rotatable bonds is 12. The van der Waals surface area contributed by atoms with Crippen molar-refractivity contribution in [1.29, 1.82) is 0 Å². The van der Waals surface area contributed by atoms with Gasteiger partial charge in [0.05, 0.1) is 0 Å². The van der Waals surface area contributed by atoms with Crippen molar-refractivity contribution in [3.8, 4) is 11.8 Å². The van der Waals surface area contributed by atoms with Crippen LogP contribution in [-0.2, 0) is 4.74 Å². The Bertz CT molecular complexity index is 543. The fraction of sp³-hybridized carbons (Fsp3) is 0.583. The summed E-state index contributed by atoms with van der Waals surface area (Å²) in [5.41, 5.74) is 2.32. The van der Waals surface area contributed by atoms with Gasteiger partial charge < -0.3 is 0 Å². The second kappa shape index (κ2) is 14.4. The van der Waals surface area contributed by atoms with Crippen LogP contribution in [0, 0.1) is 11.8 Å². The third-order valence-electron chi connectivity index (χ3n) is 5.01. The van der Waals surface area contributed by atoms with Crippen LogP contribution in [0.15, 0.2) is 40.0 Å². The van der Waals surface area contributed by atoms with Crippen molar-refractivity contribution < 1.29 is 4.74 Å². The molecule has 0 saturated carbocycles. The fourth-order valence-corrected chi connectivity index (χ4v) is 18.5. The van der Waals surface area contributed by atoms with E-state index >= 15 is 0 Å². The van der Waals surface area contributed by atoms with Crippen molar-refractivity contribution in [2.24, 2.45) is 0 Å². The van der Waals surface area contributed by atoms with Gasteiger partial charge >= 0.3 is 167 Å². The number of methoxy groups -OCH3 is 1. The Morgan fingerprint density at radius 1 is 0.923 bits per heavy atom. The van der Waals surface area contributed by atoms with Crippen LogP contribution in [0.4, 0.5) is 0 Å². The number of hydrogen-bond donors (Lipinski definition) is 0. The van der Waals surface area contributed by atoms with Crippen LogP contribution < -0.4 is 0 Å². The van der Waals surface area contributed by atoms with Gasteiger partial charge in [0.1, 0.15) is 0 Å². The van der Waals surface area contributed by atoms with Gasteiger partial charge in [-0.1, -0.05) is 0 Å². The zero-order valence-electron chi connectivity index (χ0n) is 17.4. The van der Waals surface area contributed by atoms with Crippen molar-refractivity contribution in [3.05, 3.63) is 45.6 Å². The van der Waals surface area contributed by atoms with Gasteiger partial charge in [0.25, 0.3) is 0 Å². The van der Waals surface area contributed by atoms with Crippen LogP contribution in [0.2, 0.25) is 13.3 Å². The molecule has 1 aromatic carbocycles.